The Bertz CT molecular complexity index is 401. The Balaban J connectivity index is 1.75. The van der Waals surface area contributed by atoms with Crippen LogP contribution in [0.5, 0.6) is 0 Å². The highest BCUT2D eigenvalue weighted by Crippen LogP contribution is 2.13. The molecule has 0 saturated carbocycles. The first kappa shape index (κ1) is 14.4. The second-order valence-corrected chi connectivity index (χ2v) is 5.25. The molecule has 1 aliphatic rings. The van der Waals surface area contributed by atoms with Gasteiger partial charge in [-0.05, 0) is 56.6 Å². The predicted octanol–water partition coefficient (Wildman–Crippen LogP) is 2.93. The first-order valence-corrected chi connectivity index (χ1v) is 7.08. The summed E-state index contributed by atoms with van der Waals surface area (Å²) >= 11 is 0. The lowest BCUT2D eigenvalue weighted by molar-refractivity contribution is 0.197. The van der Waals surface area contributed by atoms with E-state index in [0.717, 1.165) is 31.5 Å². The van der Waals surface area contributed by atoms with Crippen LogP contribution in [0.2, 0.25) is 0 Å². The van der Waals surface area contributed by atoms with Crippen LogP contribution in [0.25, 0.3) is 0 Å². The number of benzene rings is 1. The van der Waals surface area contributed by atoms with Crippen molar-refractivity contribution in [1.29, 1.82) is 0 Å². The third kappa shape index (κ3) is 4.25. The largest absolute Gasteiger partial charge is 0.310 e. The van der Waals surface area contributed by atoms with Crippen LogP contribution in [-0.4, -0.2) is 30.6 Å². The molecule has 0 aromatic heterocycles. The van der Waals surface area contributed by atoms with Crippen LogP contribution < -0.4 is 5.32 Å². The SMILES string of the molecule is CCCN1CCC(NCc2ccc(F)c(F)c2)CC1. The highest BCUT2D eigenvalue weighted by molar-refractivity contribution is 5.17. The third-order valence-electron chi connectivity index (χ3n) is 3.71. The van der Waals surface area contributed by atoms with Crippen molar-refractivity contribution in [2.45, 2.75) is 38.8 Å². The van der Waals surface area contributed by atoms with Crippen molar-refractivity contribution in [3.63, 3.8) is 0 Å². The first-order chi connectivity index (χ1) is 9.19. The predicted molar refractivity (Wildman–Crippen MR) is 73.0 cm³/mol. The van der Waals surface area contributed by atoms with Crippen LogP contribution in [0.4, 0.5) is 8.78 Å². The minimum Gasteiger partial charge on any atom is -0.310 e. The van der Waals surface area contributed by atoms with E-state index in [1.165, 1.54) is 25.1 Å². The number of hydrogen-bond donors (Lipinski definition) is 1. The van der Waals surface area contributed by atoms with Gasteiger partial charge >= 0.3 is 0 Å². The Kier molecular flexibility index (Phi) is 5.28. The van der Waals surface area contributed by atoms with Gasteiger partial charge in [-0.1, -0.05) is 13.0 Å². The second-order valence-electron chi connectivity index (χ2n) is 5.25. The Labute approximate surface area is 113 Å². The van der Waals surface area contributed by atoms with Crippen molar-refractivity contribution in [3.05, 3.63) is 35.4 Å². The number of hydrogen-bond acceptors (Lipinski definition) is 2. The molecule has 0 amide bonds. The fourth-order valence-electron chi connectivity index (χ4n) is 2.59. The third-order valence-corrected chi connectivity index (χ3v) is 3.71. The number of rotatable bonds is 5. The van der Waals surface area contributed by atoms with E-state index >= 15 is 0 Å². The lowest BCUT2D eigenvalue weighted by Gasteiger charge is -2.32. The molecule has 106 valence electrons. The molecule has 1 saturated heterocycles. The zero-order valence-electron chi connectivity index (χ0n) is 11.5. The number of piperidine rings is 1. The van der Waals surface area contributed by atoms with Crippen molar-refractivity contribution < 1.29 is 8.78 Å². The standard InChI is InChI=1S/C15H22F2N2/c1-2-7-19-8-5-13(6-9-19)18-11-12-3-4-14(16)15(17)10-12/h3-4,10,13,18H,2,5-9,11H2,1H3. The molecule has 4 heteroatoms. The van der Waals surface area contributed by atoms with Gasteiger partial charge in [-0.2, -0.15) is 0 Å². The van der Waals surface area contributed by atoms with E-state index in [4.69, 9.17) is 0 Å². The van der Waals surface area contributed by atoms with Crippen molar-refractivity contribution in [2.75, 3.05) is 19.6 Å². The van der Waals surface area contributed by atoms with E-state index in [2.05, 4.69) is 17.1 Å². The summed E-state index contributed by atoms with van der Waals surface area (Å²) in [4.78, 5) is 2.48. The summed E-state index contributed by atoms with van der Waals surface area (Å²) < 4.78 is 25.9. The van der Waals surface area contributed by atoms with Gasteiger partial charge in [-0.15, -0.1) is 0 Å². The van der Waals surface area contributed by atoms with Crippen LogP contribution >= 0.6 is 0 Å². The Hall–Kier alpha value is -1.00. The van der Waals surface area contributed by atoms with Gasteiger partial charge in [0.25, 0.3) is 0 Å². The summed E-state index contributed by atoms with van der Waals surface area (Å²) in [5, 5.41) is 3.43. The van der Waals surface area contributed by atoms with E-state index < -0.39 is 11.6 Å². The molecule has 1 heterocycles. The molecule has 19 heavy (non-hydrogen) atoms. The first-order valence-electron chi connectivity index (χ1n) is 7.08. The zero-order chi connectivity index (χ0) is 13.7. The second kappa shape index (κ2) is 6.96. The van der Waals surface area contributed by atoms with E-state index in [1.807, 2.05) is 0 Å². The fourth-order valence-corrected chi connectivity index (χ4v) is 2.59. The van der Waals surface area contributed by atoms with Gasteiger partial charge in [0, 0.05) is 12.6 Å². The van der Waals surface area contributed by atoms with Crippen LogP contribution in [0.15, 0.2) is 18.2 Å². The summed E-state index contributed by atoms with van der Waals surface area (Å²) in [6.45, 7) is 6.24. The molecule has 2 nitrogen and oxygen atoms in total. The van der Waals surface area contributed by atoms with Crippen molar-refractivity contribution in [3.8, 4) is 0 Å². The van der Waals surface area contributed by atoms with E-state index in [-0.39, 0.29) is 0 Å². The highest BCUT2D eigenvalue weighted by Gasteiger charge is 2.17. The Morgan fingerprint density at radius 2 is 1.95 bits per heavy atom. The van der Waals surface area contributed by atoms with Gasteiger partial charge < -0.3 is 10.2 Å². The lowest BCUT2D eigenvalue weighted by atomic mass is 10.0. The molecular weight excluding hydrogens is 246 g/mol. The molecular formula is C15H22F2N2. The molecule has 0 aliphatic carbocycles. The quantitative estimate of drug-likeness (QED) is 0.883. The van der Waals surface area contributed by atoms with Crippen molar-refractivity contribution in [1.82, 2.24) is 10.2 Å². The molecule has 0 unspecified atom stereocenters. The van der Waals surface area contributed by atoms with Gasteiger partial charge in [0.15, 0.2) is 11.6 Å². The van der Waals surface area contributed by atoms with Crippen LogP contribution in [-0.2, 0) is 6.54 Å². The summed E-state index contributed by atoms with van der Waals surface area (Å²) in [5.74, 6) is -1.55. The normalized spacial score (nSPS) is 17.8. The number of halogens is 2. The zero-order valence-corrected chi connectivity index (χ0v) is 11.5. The number of likely N-dealkylation sites (tertiary alicyclic amines) is 1. The van der Waals surface area contributed by atoms with Crippen LogP contribution in [0, 0.1) is 11.6 Å². The van der Waals surface area contributed by atoms with Gasteiger partial charge in [0.1, 0.15) is 0 Å². The molecule has 0 radical (unpaired) electrons. The monoisotopic (exact) mass is 268 g/mol. The smallest absolute Gasteiger partial charge is 0.159 e. The molecule has 1 aromatic carbocycles. The number of nitrogens with one attached hydrogen (secondary N) is 1. The molecule has 1 fully saturated rings. The maximum atomic E-state index is 13.1. The summed E-state index contributed by atoms with van der Waals surface area (Å²) in [6.07, 6.45) is 3.46. The average Bonchev–Trinajstić information content (AvgIpc) is 2.42. The molecule has 0 atom stereocenters. The molecule has 0 spiro atoms. The molecule has 1 N–H and O–H groups in total. The van der Waals surface area contributed by atoms with Gasteiger partial charge in [0.2, 0.25) is 0 Å². The average molecular weight is 268 g/mol. The molecule has 1 aromatic rings. The molecule has 2 rings (SSSR count). The van der Waals surface area contributed by atoms with Crippen molar-refractivity contribution in [2.24, 2.45) is 0 Å². The topological polar surface area (TPSA) is 15.3 Å². The minimum absolute atomic E-state index is 0.487. The van der Waals surface area contributed by atoms with E-state index in [1.54, 1.807) is 6.07 Å². The van der Waals surface area contributed by atoms with Crippen molar-refractivity contribution >= 4 is 0 Å². The Morgan fingerprint density at radius 1 is 1.21 bits per heavy atom. The molecule has 0 bridgehead atoms. The fraction of sp³-hybridized carbons (Fsp3) is 0.600. The highest BCUT2D eigenvalue weighted by atomic mass is 19.2. The maximum absolute atomic E-state index is 13.1. The van der Waals surface area contributed by atoms with E-state index in [9.17, 15) is 8.78 Å². The Morgan fingerprint density at radius 3 is 2.58 bits per heavy atom. The van der Waals surface area contributed by atoms with Crippen LogP contribution in [0.3, 0.4) is 0 Å². The maximum Gasteiger partial charge on any atom is 0.159 e. The lowest BCUT2D eigenvalue weighted by Crippen LogP contribution is -2.42. The van der Waals surface area contributed by atoms with Gasteiger partial charge in [-0.3, -0.25) is 0 Å². The van der Waals surface area contributed by atoms with Crippen LogP contribution in [0.1, 0.15) is 31.7 Å². The van der Waals surface area contributed by atoms with E-state index in [0.29, 0.717) is 12.6 Å². The summed E-state index contributed by atoms with van der Waals surface area (Å²) in [5.41, 5.74) is 0.801. The molecule has 1 aliphatic heterocycles. The summed E-state index contributed by atoms with van der Waals surface area (Å²) in [6, 6.07) is 4.59. The minimum atomic E-state index is -0.781. The summed E-state index contributed by atoms with van der Waals surface area (Å²) in [7, 11) is 0. The van der Waals surface area contributed by atoms with Gasteiger partial charge in [0.05, 0.1) is 0 Å². The number of nitrogens with zero attached hydrogens (tertiary/aromatic N) is 1. The van der Waals surface area contributed by atoms with Gasteiger partial charge in [-0.25, -0.2) is 8.78 Å².